The highest BCUT2D eigenvalue weighted by Crippen LogP contribution is 2.30. The van der Waals surface area contributed by atoms with E-state index >= 15 is 0 Å². The number of carbonyl (C=O) groups is 1. The summed E-state index contributed by atoms with van der Waals surface area (Å²) in [7, 11) is 0. The molecule has 4 N–H and O–H groups in total. The standard InChI is InChI=1S/C16H25N3OS/c1-3-18-16(20)11-7-8-14(17)15(9-11)19-12-5-4-6-13(10-12)21-2/h7-9,12-13,19H,3-6,10,17H2,1-2H3,(H,18,20). The molecule has 21 heavy (non-hydrogen) atoms. The third-order valence-electron chi connectivity index (χ3n) is 3.97. The van der Waals surface area contributed by atoms with Gasteiger partial charge in [-0.25, -0.2) is 0 Å². The van der Waals surface area contributed by atoms with Crippen LogP contribution in [0.3, 0.4) is 0 Å². The second-order valence-electron chi connectivity index (χ2n) is 5.53. The van der Waals surface area contributed by atoms with Crippen LogP contribution >= 0.6 is 11.8 Å². The van der Waals surface area contributed by atoms with Gasteiger partial charge >= 0.3 is 0 Å². The molecular weight excluding hydrogens is 282 g/mol. The van der Waals surface area contributed by atoms with E-state index in [9.17, 15) is 4.79 Å². The monoisotopic (exact) mass is 307 g/mol. The molecule has 116 valence electrons. The highest BCUT2D eigenvalue weighted by atomic mass is 32.2. The number of anilines is 2. The summed E-state index contributed by atoms with van der Waals surface area (Å²) in [5, 5.41) is 7.08. The lowest BCUT2D eigenvalue weighted by Gasteiger charge is -2.30. The number of hydrogen-bond acceptors (Lipinski definition) is 4. The minimum Gasteiger partial charge on any atom is -0.397 e. The molecule has 1 saturated carbocycles. The number of nitrogens with two attached hydrogens (primary N) is 1. The van der Waals surface area contributed by atoms with Crippen molar-refractivity contribution in [3.05, 3.63) is 23.8 Å². The first-order chi connectivity index (χ1) is 10.1. The molecule has 1 aliphatic carbocycles. The number of nitrogen functional groups attached to an aromatic ring is 1. The topological polar surface area (TPSA) is 67.2 Å². The zero-order valence-electron chi connectivity index (χ0n) is 12.8. The van der Waals surface area contributed by atoms with Crippen molar-refractivity contribution >= 4 is 29.0 Å². The second kappa shape index (κ2) is 7.59. The number of benzene rings is 1. The SMILES string of the molecule is CCNC(=O)c1ccc(N)c(NC2CCCC(SC)C2)c1. The van der Waals surface area contributed by atoms with Gasteiger partial charge in [0.25, 0.3) is 5.91 Å². The fraction of sp³-hybridized carbons (Fsp3) is 0.562. The van der Waals surface area contributed by atoms with Gasteiger partial charge in [-0.05, 0) is 50.6 Å². The van der Waals surface area contributed by atoms with Crippen LogP contribution in [0.15, 0.2) is 18.2 Å². The second-order valence-corrected chi connectivity index (χ2v) is 6.67. The molecule has 5 heteroatoms. The van der Waals surface area contributed by atoms with E-state index in [1.807, 2.05) is 30.8 Å². The molecule has 0 aromatic heterocycles. The van der Waals surface area contributed by atoms with Crippen molar-refractivity contribution in [1.82, 2.24) is 5.32 Å². The van der Waals surface area contributed by atoms with Crippen LogP contribution in [0.1, 0.15) is 43.0 Å². The number of hydrogen-bond donors (Lipinski definition) is 3. The van der Waals surface area contributed by atoms with E-state index in [0.717, 1.165) is 17.4 Å². The molecule has 1 aromatic carbocycles. The molecule has 2 rings (SSSR count). The quantitative estimate of drug-likeness (QED) is 0.731. The molecule has 0 spiro atoms. The Morgan fingerprint density at radius 1 is 1.43 bits per heavy atom. The zero-order chi connectivity index (χ0) is 15.2. The Kier molecular flexibility index (Phi) is 5.79. The Balaban J connectivity index is 2.08. The van der Waals surface area contributed by atoms with Crippen molar-refractivity contribution in [2.24, 2.45) is 0 Å². The molecule has 1 fully saturated rings. The van der Waals surface area contributed by atoms with Crippen LogP contribution in [0, 0.1) is 0 Å². The third kappa shape index (κ3) is 4.30. The van der Waals surface area contributed by atoms with Gasteiger partial charge in [-0.1, -0.05) is 6.42 Å². The van der Waals surface area contributed by atoms with Gasteiger partial charge in [0, 0.05) is 23.4 Å². The van der Waals surface area contributed by atoms with Crippen molar-refractivity contribution in [2.45, 2.75) is 43.9 Å². The molecule has 1 aliphatic rings. The van der Waals surface area contributed by atoms with Gasteiger partial charge in [-0.15, -0.1) is 0 Å². The van der Waals surface area contributed by atoms with Crippen LogP contribution in [0.25, 0.3) is 0 Å². The average Bonchev–Trinajstić information content (AvgIpc) is 2.50. The summed E-state index contributed by atoms with van der Waals surface area (Å²) >= 11 is 1.94. The fourth-order valence-electron chi connectivity index (χ4n) is 2.80. The molecule has 4 nitrogen and oxygen atoms in total. The normalized spacial score (nSPS) is 21.8. The van der Waals surface area contributed by atoms with E-state index in [1.165, 1.54) is 19.3 Å². The highest BCUT2D eigenvalue weighted by molar-refractivity contribution is 7.99. The van der Waals surface area contributed by atoms with Gasteiger partial charge < -0.3 is 16.4 Å². The maximum Gasteiger partial charge on any atom is 0.251 e. The van der Waals surface area contributed by atoms with Crippen molar-refractivity contribution in [3.63, 3.8) is 0 Å². The van der Waals surface area contributed by atoms with E-state index in [1.54, 1.807) is 6.07 Å². The van der Waals surface area contributed by atoms with Gasteiger partial charge in [0.15, 0.2) is 0 Å². The summed E-state index contributed by atoms with van der Waals surface area (Å²) in [6.07, 6.45) is 7.05. The van der Waals surface area contributed by atoms with Crippen LogP contribution in [-0.2, 0) is 0 Å². The smallest absolute Gasteiger partial charge is 0.251 e. The summed E-state index contributed by atoms with van der Waals surface area (Å²) in [4.78, 5) is 11.9. The third-order valence-corrected chi connectivity index (χ3v) is 5.07. The predicted molar refractivity (Wildman–Crippen MR) is 92.0 cm³/mol. The minimum atomic E-state index is -0.0498. The molecule has 0 saturated heterocycles. The molecule has 0 bridgehead atoms. The van der Waals surface area contributed by atoms with Gasteiger partial charge in [-0.3, -0.25) is 4.79 Å². The van der Waals surface area contributed by atoms with Crippen LogP contribution in [0.5, 0.6) is 0 Å². The van der Waals surface area contributed by atoms with Crippen LogP contribution < -0.4 is 16.4 Å². The molecule has 0 aliphatic heterocycles. The van der Waals surface area contributed by atoms with Crippen molar-refractivity contribution < 1.29 is 4.79 Å². The first-order valence-electron chi connectivity index (χ1n) is 7.61. The number of thioether (sulfide) groups is 1. The van der Waals surface area contributed by atoms with Crippen molar-refractivity contribution in [1.29, 1.82) is 0 Å². The van der Waals surface area contributed by atoms with Crippen LogP contribution in [0.4, 0.5) is 11.4 Å². The van der Waals surface area contributed by atoms with Crippen LogP contribution in [0.2, 0.25) is 0 Å². The minimum absolute atomic E-state index is 0.0498. The van der Waals surface area contributed by atoms with Gasteiger partial charge in [0.1, 0.15) is 0 Å². The Morgan fingerprint density at radius 2 is 2.24 bits per heavy atom. The van der Waals surface area contributed by atoms with E-state index in [4.69, 9.17) is 5.73 Å². The summed E-state index contributed by atoms with van der Waals surface area (Å²) < 4.78 is 0. The molecule has 0 heterocycles. The summed E-state index contributed by atoms with van der Waals surface area (Å²) in [5.74, 6) is -0.0498. The molecule has 1 amide bonds. The molecule has 0 radical (unpaired) electrons. The molecule has 1 aromatic rings. The summed E-state index contributed by atoms with van der Waals surface area (Å²) in [5.41, 5.74) is 8.29. The first-order valence-corrected chi connectivity index (χ1v) is 8.90. The van der Waals surface area contributed by atoms with Crippen LogP contribution in [-0.4, -0.2) is 30.0 Å². The number of carbonyl (C=O) groups excluding carboxylic acids is 1. The maximum atomic E-state index is 11.9. The zero-order valence-corrected chi connectivity index (χ0v) is 13.6. The first kappa shape index (κ1) is 16.0. The maximum absolute atomic E-state index is 11.9. The lowest BCUT2D eigenvalue weighted by molar-refractivity contribution is 0.0956. The van der Waals surface area contributed by atoms with Crippen molar-refractivity contribution in [3.8, 4) is 0 Å². The number of nitrogens with one attached hydrogen (secondary N) is 2. The van der Waals surface area contributed by atoms with E-state index in [2.05, 4.69) is 16.9 Å². The Hall–Kier alpha value is -1.36. The predicted octanol–water partition coefficient (Wildman–Crippen LogP) is 3.10. The van der Waals surface area contributed by atoms with E-state index < -0.39 is 0 Å². The summed E-state index contributed by atoms with van der Waals surface area (Å²) in [6, 6.07) is 5.89. The Morgan fingerprint density at radius 3 is 2.95 bits per heavy atom. The van der Waals surface area contributed by atoms with E-state index in [-0.39, 0.29) is 5.91 Å². The van der Waals surface area contributed by atoms with Gasteiger partial charge in [0.05, 0.1) is 11.4 Å². The summed E-state index contributed by atoms with van der Waals surface area (Å²) in [6.45, 7) is 2.54. The van der Waals surface area contributed by atoms with Gasteiger partial charge in [-0.2, -0.15) is 11.8 Å². The van der Waals surface area contributed by atoms with Crippen molar-refractivity contribution in [2.75, 3.05) is 23.9 Å². The Labute approximate surface area is 131 Å². The largest absolute Gasteiger partial charge is 0.397 e. The highest BCUT2D eigenvalue weighted by Gasteiger charge is 2.21. The number of amides is 1. The number of rotatable bonds is 5. The Bertz CT molecular complexity index is 492. The lowest BCUT2D eigenvalue weighted by Crippen LogP contribution is -2.29. The average molecular weight is 307 g/mol. The van der Waals surface area contributed by atoms with E-state index in [0.29, 0.717) is 23.8 Å². The molecular formula is C16H25N3OS. The molecule has 2 unspecified atom stereocenters. The molecule has 2 atom stereocenters. The lowest BCUT2D eigenvalue weighted by atomic mass is 9.94. The van der Waals surface area contributed by atoms with Gasteiger partial charge in [0.2, 0.25) is 0 Å². The fourth-order valence-corrected chi connectivity index (χ4v) is 3.62.